The van der Waals surface area contributed by atoms with Gasteiger partial charge in [0.15, 0.2) is 5.11 Å². The topological polar surface area (TPSA) is 200 Å². The van der Waals surface area contributed by atoms with Crippen LogP contribution in [0.1, 0.15) is 27.7 Å². The molecule has 0 aliphatic rings. The molecule has 0 saturated heterocycles. The van der Waals surface area contributed by atoms with E-state index in [4.69, 9.17) is 22.4 Å². The first-order valence-electron chi connectivity index (χ1n) is 10.4. The van der Waals surface area contributed by atoms with Gasteiger partial charge in [-0.3, -0.25) is 56.1 Å². The summed E-state index contributed by atoms with van der Waals surface area (Å²) >= 11 is 5.06. The van der Waals surface area contributed by atoms with Gasteiger partial charge in [-0.1, -0.05) is 6.58 Å². The van der Waals surface area contributed by atoms with Crippen molar-refractivity contribution in [2.45, 2.75) is 33.2 Å². The number of carbonyl (C=O) groups excluding carboxylic acids is 2. The Labute approximate surface area is 209 Å². The molecule has 0 aromatic carbocycles. The molecule has 0 rings (SSSR count). The first kappa shape index (κ1) is 31.5. The minimum Gasteiger partial charge on any atom is -0.480 e. The highest BCUT2D eigenvalue weighted by molar-refractivity contribution is 7.80. The number of carbonyl (C=O) groups is 4. The highest BCUT2D eigenvalue weighted by Gasteiger charge is 2.19. The second kappa shape index (κ2) is 16.2. The molecule has 0 radical (unpaired) electrons. The Kier molecular flexibility index (Phi) is 14.6. The van der Waals surface area contributed by atoms with Gasteiger partial charge in [0.25, 0.3) is 11.8 Å². The summed E-state index contributed by atoms with van der Waals surface area (Å²) in [5.74, 6) is -3.30. The summed E-state index contributed by atoms with van der Waals surface area (Å²) < 4.78 is 0. The number of carboxylic acids is 2. The Morgan fingerprint density at radius 3 is 1.74 bits per heavy atom. The van der Waals surface area contributed by atoms with Crippen LogP contribution in [0.2, 0.25) is 0 Å². The maximum absolute atomic E-state index is 12.2. The van der Waals surface area contributed by atoms with Gasteiger partial charge < -0.3 is 15.5 Å². The largest absolute Gasteiger partial charge is 0.480 e. The molecule has 0 aliphatic carbocycles. The van der Waals surface area contributed by atoms with Crippen molar-refractivity contribution in [1.82, 2.24) is 42.2 Å². The van der Waals surface area contributed by atoms with Gasteiger partial charge in [0.2, 0.25) is 0 Å². The number of amides is 2. The van der Waals surface area contributed by atoms with E-state index in [2.05, 4.69) is 44.1 Å². The van der Waals surface area contributed by atoms with Gasteiger partial charge in [-0.05, 0) is 39.9 Å². The number of thiocarbonyl (C=S) groups is 1. The number of nitrogens with zero attached hydrogens (tertiary/aromatic N) is 3. The molecule has 0 spiro atoms. The predicted octanol–water partition coefficient (Wildman–Crippen LogP) is -2.26. The standard InChI is InChI=1S/C19H35N9O6S/c1-6-20-22-13(2)23-24-14(29)9-27(11-16(31)32)7-8-28(12-17(33)34)10-15(30)25-26-18(35)21-19(3,4)5/h6,22-23H,2,7-12H2,1,3-5H3,(H,24,29)(H,25,30)(H,31,32)(H,33,34)(H2,21,26,35)/b20-6+. The lowest BCUT2D eigenvalue weighted by Crippen LogP contribution is -2.54. The SMILES string of the molecule is C=C(N/N=C/C)NNC(=O)CN(CCN(CC(=O)O)CC(=O)NNC(=S)NC(C)(C)C)CC(=O)O. The third-order valence-electron chi connectivity index (χ3n) is 3.67. The quantitative estimate of drug-likeness (QED) is 0.0658. The van der Waals surface area contributed by atoms with Gasteiger partial charge in [0.05, 0.1) is 26.2 Å². The van der Waals surface area contributed by atoms with E-state index < -0.39 is 36.8 Å². The number of hydrogen-bond acceptors (Lipinski definition) is 10. The van der Waals surface area contributed by atoms with Gasteiger partial charge >= 0.3 is 11.9 Å². The summed E-state index contributed by atoms with van der Waals surface area (Å²) in [7, 11) is 0. The van der Waals surface area contributed by atoms with Gasteiger partial charge in [-0.25, -0.2) is 0 Å². The van der Waals surface area contributed by atoms with Crippen molar-refractivity contribution in [3.8, 4) is 0 Å². The van der Waals surface area contributed by atoms with E-state index in [0.29, 0.717) is 0 Å². The van der Waals surface area contributed by atoms with Crippen LogP contribution in [-0.2, 0) is 19.2 Å². The Morgan fingerprint density at radius 1 is 0.886 bits per heavy atom. The van der Waals surface area contributed by atoms with Crippen molar-refractivity contribution in [1.29, 1.82) is 0 Å². The third kappa shape index (κ3) is 18.6. The average molecular weight is 518 g/mol. The molecule has 16 heteroatoms. The first-order chi connectivity index (χ1) is 16.2. The lowest BCUT2D eigenvalue weighted by molar-refractivity contribution is -0.141. The van der Waals surface area contributed by atoms with Crippen LogP contribution in [0.3, 0.4) is 0 Å². The Balaban J connectivity index is 4.87. The molecule has 0 saturated carbocycles. The van der Waals surface area contributed by atoms with Crippen molar-refractivity contribution >= 4 is 47.3 Å². The van der Waals surface area contributed by atoms with Crippen LogP contribution in [0, 0.1) is 0 Å². The molecule has 2 amide bonds. The van der Waals surface area contributed by atoms with Crippen molar-refractivity contribution in [2.24, 2.45) is 5.10 Å². The number of aliphatic carboxylic acids is 2. The zero-order chi connectivity index (χ0) is 27.0. The Morgan fingerprint density at radius 2 is 1.34 bits per heavy atom. The van der Waals surface area contributed by atoms with Crippen molar-refractivity contribution in [2.75, 3.05) is 39.3 Å². The minimum atomic E-state index is -1.18. The molecule has 8 N–H and O–H groups in total. The molecule has 198 valence electrons. The second-order valence-corrected chi connectivity index (χ2v) is 8.65. The van der Waals surface area contributed by atoms with Gasteiger partial charge in [0, 0.05) is 24.8 Å². The van der Waals surface area contributed by atoms with Crippen LogP contribution in [0.15, 0.2) is 17.5 Å². The highest BCUT2D eigenvalue weighted by Crippen LogP contribution is 1.97. The summed E-state index contributed by atoms with van der Waals surface area (Å²) in [6, 6.07) is 0. The van der Waals surface area contributed by atoms with E-state index in [-0.39, 0.29) is 42.7 Å². The van der Waals surface area contributed by atoms with Crippen LogP contribution in [0.4, 0.5) is 0 Å². The Hall–Kier alpha value is -3.50. The smallest absolute Gasteiger partial charge is 0.317 e. The fourth-order valence-electron chi connectivity index (χ4n) is 2.39. The maximum Gasteiger partial charge on any atom is 0.317 e. The molecule has 0 heterocycles. The summed E-state index contributed by atoms with van der Waals surface area (Å²) in [5.41, 5.74) is 11.9. The molecule has 0 unspecified atom stereocenters. The zero-order valence-electron chi connectivity index (χ0n) is 20.3. The van der Waals surface area contributed by atoms with E-state index in [1.165, 1.54) is 16.0 Å². The number of hydrogen-bond donors (Lipinski definition) is 8. The van der Waals surface area contributed by atoms with E-state index in [1.807, 2.05) is 20.8 Å². The van der Waals surface area contributed by atoms with E-state index in [1.54, 1.807) is 6.92 Å². The first-order valence-corrected chi connectivity index (χ1v) is 10.9. The van der Waals surface area contributed by atoms with Gasteiger partial charge in [-0.2, -0.15) is 5.10 Å². The molecule has 0 aliphatic heterocycles. The fraction of sp³-hybridized carbons (Fsp3) is 0.579. The molecule has 0 aromatic rings. The molecule has 15 nitrogen and oxygen atoms in total. The summed E-state index contributed by atoms with van der Waals surface area (Å²) in [6.45, 7) is 9.31. The van der Waals surface area contributed by atoms with Crippen molar-refractivity contribution in [3.05, 3.63) is 12.4 Å². The minimum absolute atomic E-state index is 0.00211. The third-order valence-corrected chi connectivity index (χ3v) is 3.87. The highest BCUT2D eigenvalue weighted by atomic mass is 32.1. The molecular formula is C19H35N9O6S. The van der Waals surface area contributed by atoms with E-state index in [0.717, 1.165) is 0 Å². The summed E-state index contributed by atoms with van der Waals surface area (Å²) in [5, 5.41) is 25.1. The Bertz CT molecular complexity index is 800. The molecular weight excluding hydrogens is 482 g/mol. The maximum atomic E-state index is 12.2. The molecule has 0 aromatic heterocycles. The number of nitrogens with one attached hydrogen (secondary N) is 6. The molecule has 0 fully saturated rings. The number of hydrazone groups is 1. The van der Waals surface area contributed by atoms with Crippen LogP contribution in [0.25, 0.3) is 0 Å². The monoisotopic (exact) mass is 517 g/mol. The fourth-order valence-corrected chi connectivity index (χ4v) is 2.75. The van der Waals surface area contributed by atoms with E-state index >= 15 is 0 Å². The normalized spacial score (nSPS) is 11.1. The lowest BCUT2D eigenvalue weighted by Gasteiger charge is -2.26. The predicted molar refractivity (Wildman–Crippen MR) is 133 cm³/mol. The van der Waals surface area contributed by atoms with Gasteiger partial charge in [-0.15, -0.1) is 0 Å². The summed E-state index contributed by atoms with van der Waals surface area (Å²) in [4.78, 5) is 49.4. The van der Waals surface area contributed by atoms with E-state index in [9.17, 15) is 19.2 Å². The zero-order valence-corrected chi connectivity index (χ0v) is 21.1. The average Bonchev–Trinajstić information content (AvgIpc) is 2.71. The summed E-state index contributed by atoms with van der Waals surface area (Å²) in [6.07, 6.45) is 1.47. The number of carboxylic acid groups (broad SMARTS) is 2. The lowest BCUT2D eigenvalue weighted by atomic mass is 10.1. The number of rotatable bonds is 15. The number of hydrazine groups is 2. The molecule has 0 atom stereocenters. The van der Waals surface area contributed by atoms with Crippen LogP contribution >= 0.6 is 12.2 Å². The van der Waals surface area contributed by atoms with Gasteiger partial charge in [0.1, 0.15) is 5.82 Å². The molecule has 35 heavy (non-hydrogen) atoms. The van der Waals surface area contributed by atoms with Crippen LogP contribution in [-0.4, -0.2) is 99.9 Å². The van der Waals surface area contributed by atoms with Crippen LogP contribution in [0.5, 0.6) is 0 Å². The van der Waals surface area contributed by atoms with Crippen LogP contribution < -0.4 is 32.4 Å². The second-order valence-electron chi connectivity index (χ2n) is 8.24. The molecule has 0 bridgehead atoms. The van der Waals surface area contributed by atoms with Crippen molar-refractivity contribution in [3.63, 3.8) is 0 Å². The van der Waals surface area contributed by atoms with Crippen molar-refractivity contribution < 1.29 is 29.4 Å².